The number of nitrogens with two attached hydrogens (primary N) is 1. The molecule has 2 aromatic carbocycles. The third kappa shape index (κ3) is 2.13. The molecule has 0 aliphatic carbocycles. The Morgan fingerprint density at radius 1 is 1.11 bits per heavy atom. The van der Waals surface area contributed by atoms with E-state index in [1.165, 1.54) is 12.1 Å². The minimum atomic E-state index is -3.49. The Bertz CT molecular complexity index is 1420. The van der Waals surface area contributed by atoms with Gasteiger partial charge in [-0.1, -0.05) is 0 Å². The Labute approximate surface area is 153 Å². The van der Waals surface area contributed by atoms with E-state index in [2.05, 4.69) is 10.1 Å². The topological polar surface area (TPSA) is 90.9 Å². The molecule has 134 valence electrons. The fourth-order valence-corrected chi connectivity index (χ4v) is 4.80. The van der Waals surface area contributed by atoms with E-state index in [4.69, 9.17) is 5.73 Å². The molecule has 1 aliphatic heterocycles. The number of allylic oxidation sites excluding steroid dienone is 1. The van der Waals surface area contributed by atoms with E-state index in [1.54, 1.807) is 48.1 Å². The highest BCUT2D eigenvalue weighted by atomic mass is 32.2. The van der Waals surface area contributed by atoms with E-state index in [-0.39, 0.29) is 10.7 Å². The van der Waals surface area contributed by atoms with Crippen LogP contribution in [0.4, 0.5) is 10.2 Å². The molecule has 1 aliphatic rings. The third-order valence-corrected chi connectivity index (χ3v) is 6.72. The summed E-state index contributed by atoms with van der Waals surface area (Å²) in [5.74, 6) is -0.209. The Balaban J connectivity index is 1.86. The molecule has 27 heavy (non-hydrogen) atoms. The highest BCUT2D eigenvalue weighted by Gasteiger charge is 2.28. The predicted octanol–water partition coefficient (Wildman–Crippen LogP) is 3.44. The van der Waals surface area contributed by atoms with Gasteiger partial charge in [0.15, 0.2) is 5.82 Å². The molecule has 6 nitrogen and oxygen atoms in total. The van der Waals surface area contributed by atoms with Crippen molar-refractivity contribution in [3.63, 3.8) is 0 Å². The fraction of sp³-hybridized carbons (Fsp3) is 0.0526. The molecule has 5 rings (SSSR count). The lowest BCUT2D eigenvalue weighted by molar-refractivity contribution is 0.603. The van der Waals surface area contributed by atoms with Crippen molar-refractivity contribution in [1.29, 1.82) is 0 Å². The van der Waals surface area contributed by atoms with Crippen LogP contribution in [0.25, 0.3) is 33.6 Å². The van der Waals surface area contributed by atoms with E-state index in [1.807, 2.05) is 0 Å². The number of nitrogen functional groups attached to an aromatic ring is 1. The first-order valence-corrected chi connectivity index (χ1v) is 9.65. The maximum Gasteiger partial charge on any atom is 0.203 e. The minimum Gasteiger partial charge on any atom is -0.382 e. The maximum absolute atomic E-state index is 13.6. The summed E-state index contributed by atoms with van der Waals surface area (Å²) in [4.78, 5) is 4.91. The van der Waals surface area contributed by atoms with Crippen LogP contribution in [-0.4, -0.2) is 23.2 Å². The SMILES string of the molecule is CC1=Cc2cc3nccc(-n4nc(N)c5cc(F)ccc54)c3cc2S1(=O)=O. The van der Waals surface area contributed by atoms with Crippen LogP contribution in [0.5, 0.6) is 0 Å². The van der Waals surface area contributed by atoms with Gasteiger partial charge in [-0.25, -0.2) is 17.5 Å². The number of aromatic nitrogens is 3. The van der Waals surface area contributed by atoms with Gasteiger partial charge in [0.1, 0.15) is 5.82 Å². The standard InChI is InChI=1S/C19H13FN4O2S/c1-10-6-11-7-15-13(9-18(11)27(10,25)26)17(4-5-22-15)24-16-3-2-12(20)8-14(16)19(21)23-24/h2-9H,1H3,(H2,21,23). The maximum atomic E-state index is 13.6. The lowest BCUT2D eigenvalue weighted by atomic mass is 10.1. The molecule has 4 aromatic rings. The summed E-state index contributed by atoms with van der Waals surface area (Å²) in [6.45, 7) is 1.57. The summed E-state index contributed by atoms with van der Waals surface area (Å²) in [7, 11) is -3.49. The largest absolute Gasteiger partial charge is 0.382 e. The van der Waals surface area contributed by atoms with Gasteiger partial charge in [0, 0.05) is 21.9 Å². The van der Waals surface area contributed by atoms with Gasteiger partial charge >= 0.3 is 0 Å². The molecule has 3 heterocycles. The second-order valence-corrected chi connectivity index (χ2v) is 8.54. The number of halogens is 1. The van der Waals surface area contributed by atoms with Crippen molar-refractivity contribution >= 4 is 43.5 Å². The highest BCUT2D eigenvalue weighted by Crippen LogP contribution is 2.37. The molecule has 0 radical (unpaired) electrons. The molecule has 0 amide bonds. The number of fused-ring (bicyclic) bond motifs is 3. The van der Waals surface area contributed by atoms with Gasteiger partial charge in [-0.15, -0.1) is 5.10 Å². The second-order valence-electron chi connectivity index (χ2n) is 6.45. The second kappa shape index (κ2) is 5.14. The zero-order valence-electron chi connectivity index (χ0n) is 14.1. The molecule has 2 N–H and O–H groups in total. The van der Waals surface area contributed by atoms with Crippen molar-refractivity contribution < 1.29 is 12.8 Å². The fourth-order valence-electron chi connectivity index (χ4n) is 3.47. The number of pyridine rings is 1. The first kappa shape index (κ1) is 16.0. The molecule has 0 fully saturated rings. The van der Waals surface area contributed by atoms with Crippen molar-refractivity contribution in [2.24, 2.45) is 0 Å². The predicted molar refractivity (Wildman–Crippen MR) is 102 cm³/mol. The van der Waals surface area contributed by atoms with Gasteiger partial charge in [-0.2, -0.15) is 0 Å². The van der Waals surface area contributed by atoms with Crippen LogP contribution in [-0.2, 0) is 9.84 Å². The number of hydrogen-bond donors (Lipinski definition) is 1. The van der Waals surface area contributed by atoms with Gasteiger partial charge in [0.05, 0.1) is 21.6 Å². The van der Waals surface area contributed by atoms with Crippen molar-refractivity contribution in [2.45, 2.75) is 11.8 Å². The summed E-state index contributed by atoms with van der Waals surface area (Å²) < 4.78 is 40.3. The Kier molecular flexibility index (Phi) is 3.04. The molecule has 8 heteroatoms. The number of rotatable bonds is 1. The number of anilines is 1. The molecule has 0 saturated carbocycles. The van der Waals surface area contributed by atoms with Gasteiger partial charge in [0.25, 0.3) is 0 Å². The normalized spacial score (nSPS) is 15.3. The van der Waals surface area contributed by atoms with Crippen LogP contribution in [0.2, 0.25) is 0 Å². The first-order chi connectivity index (χ1) is 12.9. The average molecular weight is 380 g/mol. The molecule has 0 spiro atoms. The monoisotopic (exact) mass is 380 g/mol. The summed E-state index contributed by atoms with van der Waals surface area (Å²) >= 11 is 0. The summed E-state index contributed by atoms with van der Waals surface area (Å²) in [5.41, 5.74) is 8.46. The zero-order valence-corrected chi connectivity index (χ0v) is 15.0. The molecular formula is C19H13FN4O2S. The average Bonchev–Trinajstić information content (AvgIpc) is 3.07. The van der Waals surface area contributed by atoms with Crippen molar-refractivity contribution in [3.05, 3.63) is 58.9 Å². The highest BCUT2D eigenvalue weighted by molar-refractivity contribution is 7.95. The van der Waals surface area contributed by atoms with E-state index in [0.29, 0.717) is 38.0 Å². The van der Waals surface area contributed by atoms with Crippen molar-refractivity contribution in [1.82, 2.24) is 14.8 Å². The van der Waals surface area contributed by atoms with Crippen molar-refractivity contribution in [2.75, 3.05) is 5.73 Å². The van der Waals surface area contributed by atoms with Crippen LogP contribution in [0.3, 0.4) is 0 Å². The lowest BCUT2D eigenvalue weighted by Crippen LogP contribution is -2.02. The summed E-state index contributed by atoms with van der Waals surface area (Å²) in [5, 5.41) is 5.45. The van der Waals surface area contributed by atoms with Gasteiger partial charge in [-0.3, -0.25) is 4.98 Å². The first-order valence-electron chi connectivity index (χ1n) is 8.16. The molecule has 0 atom stereocenters. The third-order valence-electron chi connectivity index (χ3n) is 4.82. The van der Waals surface area contributed by atoms with Crippen LogP contribution >= 0.6 is 0 Å². The van der Waals surface area contributed by atoms with Gasteiger partial charge in [-0.05, 0) is 55.0 Å². The lowest BCUT2D eigenvalue weighted by Gasteiger charge is -2.09. The molecule has 0 unspecified atom stereocenters. The molecule has 0 saturated heterocycles. The Morgan fingerprint density at radius 2 is 1.93 bits per heavy atom. The smallest absolute Gasteiger partial charge is 0.203 e. The van der Waals surface area contributed by atoms with Crippen molar-refractivity contribution in [3.8, 4) is 5.69 Å². The zero-order chi connectivity index (χ0) is 18.9. The van der Waals surface area contributed by atoms with Gasteiger partial charge < -0.3 is 5.73 Å². The number of nitrogens with zero attached hydrogens (tertiary/aromatic N) is 3. The molecule has 2 aromatic heterocycles. The molecular weight excluding hydrogens is 367 g/mol. The van der Waals surface area contributed by atoms with Crippen LogP contribution in [0.1, 0.15) is 12.5 Å². The summed E-state index contributed by atoms with van der Waals surface area (Å²) in [6, 6.07) is 9.34. The Morgan fingerprint density at radius 3 is 2.74 bits per heavy atom. The summed E-state index contributed by atoms with van der Waals surface area (Å²) in [6.07, 6.45) is 3.26. The quantitative estimate of drug-likeness (QED) is 0.546. The molecule has 0 bridgehead atoms. The number of sulfone groups is 1. The minimum absolute atomic E-state index is 0.195. The van der Waals surface area contributed by atoms with E-state index in [9.17, 15) is 12.8 Å². The number of benzene rings is 2. The van der Waals surface area contributed by atoms with Crippen LogP contribution < -0.4 is 5.73 Å². The van der Waals surface area contributed by atoms with Crippen LogP contribution in [0, 0.1) is 5.82 Å². The van der Waals surface area contributed by atoms with Crippen LogP contribution in [0.15, 0.2) is 52.4 Å². The van der Waals surface area contributed by atoms with E-state index in [0.717, 1.165) is 0 Å². The van der Waals surface area contributed by atoms with E-state index >= 15 is 0 Å². The number of hydrogen-bond acceptors (Lipinski definition) is 5. The Hall–Kier alpha value is -3.26. The van der Waals surface area contributed by atoms with Gasteiger partial charge in [0.2, 0.25) is 9.84 Å². The van der Waals surface area contributed by atoms with E-state index < -0.39 is 15.7 Å².